The van der Waals surface area contributed by atoms with E-state index in [1.807, 2.05) is 6.07 Å². The summed E-state index contributed by atoms with van der Waals surface area (Å²) < 4.78 is 0. The maximum Gasteiger partial charge on any atom is 0.254 e. The monoisotopic (exact) mass is 278 g/mol. The molecular formula is C14H18N2O4. The minimum absolute atomic E-state index is 0.0762. The van der Waals surface area contributed by atoms with Gasteiger partial charge in [0.2, 0.25) is 5.91 Å². The number of carbonyl (C=O) groups is 2. The average Bonchev–Trinajstić information content (AvgIpc) is 2.79. The van der Waals surface area contributed by atoms with Crippen molar-refractivity contribution >= 4 is 11.8 Å². The lowest BCUT2D eigenvalue weighted by molar-refractivity contribution is -0.131. The fraction of sp³-hybridized carbons (Fsp3) is 0.429. The predicted octanol–water partition coefficient (Wildman–Crippen LogP) is -0.677. The second kappa shape index (κ2) is 6.02. The van der Waals surface area contributed by atoms with Crippen molar-refractivity contribution in [2.45, 2.75) is 12.2 Å². The van der Waals surface area contributed by atoms with E-state index in [2.05, 4.69) is 0 Å². The van der Waals surface area contributed by atoms with Crippen molar-refractivity contribution in [3.8, 4) is 0 Å². The van der Waals surface area contributed by atoms with Gasteiger partial charge in [-0.2, -0.15) is 0 Å². The van der Waals surface area contributed by atoms with Crippen molar-refractivity contribution in [3.63, 3.8) is 0 Å². The van der Waals surface area contributed by atoms with Gasteiger partial charge >= 0.3 is 0 Å². The Hall–Kier alpha value is -1.92. The molecule has 6 heteroatoms. The highest BCUT2D eigenvalue weighted by Crippen LogP contribution is 2.11. The molecule has 2 rings (SSSR count). The van der Waals surface area contributed by atoms with E-state index >= 15 is 0 Å². The fourth-order valence-corrected chi connectivity index (χ4v) is 2.15. The third-order valence-electron chi connectivity index (χ3n) is 3.35. The van der Waals surface area contributed by atoms with Crippen LogP contribution < -0.4 is 0 Å². The summed E-state index contributed by atoms with van der Waals surface area (Å²) in [6, 6.07) is 8.71. The number of hydrogen-bond donors (Lipinski definition) is 2. The zero-order chi connectivity index (χ0) is 14.7. The number of likely N-dealkylation sites (N-methyl/N-ethyl adjacent to an activating group) is 1. The van der Waals surface area contributed by atoms with E-state index in [0.29, 0.717) is 5.56 Å². The molecule has 1 aromatic carbocycles. The first kappa shape index (κ1) is 14.5. The molecule has 1 saturated heterocycles. The Kier molecular flexibility index (Phi) is 4.36. The van der Waals surface area contributed by atoms with Gasteiger partial charge in [-0.3, -0.25) is 9.59 Å². The zero-order valence-electron chi connectivity index (χ0n) is 11.3. The summed E-state index contributed by atoms with van der Waals surface area (Å²) in [6.07, 6.45) is -1.82. The molecule has 2 N–H and O–H groups in total. The summed E-state index contributed by atoms with van der Waals surface area (Å²) in [5.74, 6) is -0.522. The van der Waals surface area contributed by atoms with Crippen LogP contribution in [0.5, 0.6) is 0 Å². The quantitative estimate of drug-likeness (QED) is 0.768. The van der Waals surface area contributed by atoms with Gasteiger partial charge in [0.15, 0.2) is 0 Å². The van der Waals surface area contributed by atoms with Crippen molar-refractivity contribution in [1.29, 1.82) is 0 Å². The highest BCUT2D eigenvalue weighted by molar-refractivity contribution is 5.96. The SMILES string of the molecule is CN(CC(=O)N1CC(O)C(O)C1)C(=O)c1ccccc1. The first-order valence-electron chi connectivity index (χ1n) is 6.43. The predicted molar refractivity (Wildman–Crippen MR) is 72.0 cm³/mol. The molecule has 0 bridgehead atoms. The number of likely N-dealkylation sites (tertiary alicyclic amines) is 1. The summed E-state index contributed by atoms with van der Waals surface area (Å²) in [6.45, 7) is 0.133. The van der Waals surface area contributed by atoms with E-state index in [9.17, 15) is 19.8 Å². The molecule has 108 valence electrons. The smallest absolute Gasteiger partial charge is 0.254 e. The van der Waals surface area contributed by atoms with Gasteiger partial charge < -0.3 is 20.0 Å². The number of carbonyl (C=O) groups excluding carboxylic acids is 2. The van der Waals surface area contributed by atoms with Gasteiger partial charge in [0.25, 0.3) is 5.91 Å². The summed E-state index contributed by atoms with van der Waals surface area (Å²) in [4.78, 5) is 26.8. The van der Waals surface area contributed by atoms with E-state index < -0.39 is 12.2 Å². The number of β-amino-alcohol motifs (C(OH)–C–C–N with tert-alkyl or cyclic N) is 2. The van der Waals surface area contributed by atoms with Crippen LogP contribution in [-0.2, 0) is 4.79 Å². The van der Waals surface area contributed by atoms with Crippen molar-refractivity contribution in [1.82, 2.24) is 9.80 Å². The lowest BCUT2D eigenvalue weighted by Crippen LogP contribution is -2.40. The number of hydrogen-bond acceptors (Lipinski definition) is 4. The van der Waals surface area contributed by atoms with Crippen LogP contribution in [0.2, 0.25) is 0 Å². The Bertz CT molecular complexity index is 481. The van der Waals surface area contributed by atoms with E-state index in [4.69, 9.17) is 0 Å². The van der Waals surface area contributed by atoms with Crippen molar-refractivity contribution in [3.05, 3.63) is 35.9 Å². The largest absolute Gasteiger partial charge is 0.388 e. The van der Waals surface area contributed by atoms with Gasteiger partial charge in [0, 0.05) is 25.7 Å². The van der Waals surface area contributed by atoms with Gasteiger partial charge in [0.05, 0.1) is 18.8 Å². The van der Waals surface area contributed by atoms with Crippen LogP contribution >= 0.6 is 0 Å². The van der Waals surface area contributed by atoms with Crippen molar-refractivity contribution < 1.29 is 19.8 Å². The van der Waals surface area contributed by atoms with Crippen LogP contribution in [0.3, 0.4) is 0 Å². The Labute approximate surface area is 117 Å². The number of rotatable bonds is 3. The van der Waals surface area contributed by atoms with Gasteiger partial charge in [-0.15, -0.1) is 0 Å². The number of benzene rings is 1. The van der Waals surface area contributed by atoms with Gasteiger partial charge in [-0.1, -0.05) is 18.2 Å². The zero-order valence-corrected chi connectivity index (χ0v) is 11.3. The number of aliphatic hydroxyl groups excluding tert-OH is 2. The number of aliphatic hydroxyl groups is 2. The summed E-state index contributed by atoms with van der Waals surface area (Å²) in [7, 11) is 1.55. The minimum Gasteiger partial charge on any atom is -0.388 e. The van der Waals surface area contributed by atoms with Crippen LogP contribution in [-0.4, -0.2) is 70.7 Å². The Morgan fingerprint density at radius 1 is 1.20 bits per heavy atom. The third kappa shape index (κ3) is 3.15. The van der Waals surface area contributed by atoms with Crippen molar-refractivity contribution in [2.24, 2.45) is 0 Å². The molecule has 0 saturated carbocycles. The molecule has 1 aromatic rings. The molecule has 2 unspecified atom stereocenters. The molecule has 0 radical (unpaired) electrons. The lowest BCUT2D eigenvalue weighted by Gasteiger charge is -2.21. The Morgan fingerprint density at radius 2 is 1.75 bits per heavy atom. The molecule has 1 fully saturated rings. The summed E-state index contributed by atoms with van der Waals surface area (Å²) >= 11 is 0. The second-order valence-electron chi connectivity index (χ2n) is 4.96. The average molecular weight is 278 g/mol. The molecule has 2 amide bonds. The molecular weight excluding hydrogens is 260 g/mol. The Balaban J connectivity index is 1.93. The van der Waals surface area contributed by atoms with E-state index in [1.165, 1.54) is 9.80 Å². The third-order valence-corrected chi connectivity index (χ3v) is 3.35. The second-order valence-corrected chi connectivity index (χ2v) is 4.96. The highest BCUT2D eigenvalue weighted by Gasteiger charge is 2.33. The molecule has 0 aromatic heterocycles. The minimum atomic E-state index is -0.908. The van der Waals surface area contributed by atoms with Gasteiger partial charge in [-0.05, 0) is 12.1 Å². The lowest BCUT2D eigenvalue weighted by atomic mass is 10.2. The maximum absolute atomic E-state index is 12.1. The summed E-state index contributed by atoms with van der Waals surface area (Å²) in [5.41, 5.74) is 0.518. The summed E-state index contributed by atoms with van der Waals surface area (Å²) in [5, 5.41) is 18.8. The van der Waals surface area contributed by atoms with Crippen molar-refractivity contribution in [2.75, 3.05) is 26.7 Å². The molecule has 0 aliphatic carbocycles. The van der Waals surface area contributed by atoms with Crippen LogP contribution in [0, 0.1) is 0 Å². The normalized spacial score (nSPS) is 21.9. The van der Waals surface area contributed by atoms with Gasteiger partial charge in [0.1, 0.15) is 0 Å². The maximum atomic E-state index is 12.1. The van der Waals surface area contributed by atoms with Gasteiger partial charge in [-0.25, -0.2) is 0 Å². The van der Waals surface area contributed by atoms with E-state index in [1.54, 1.807) is 31.3 Å². The highest BCUT2D eigenvalue weighted by atomic mass is 16.3. The van der Waals surface area contributed by atoms with Crippen LogP contribution in [0.1, 0.15) is 10.4 Å². The molecule has 1 aliphatic heterocycles. The molecule has 20 heavy (non-hydrogen) atoms. The molecule has 1 aliphatic rings. The molecule has 2 atom stereocenters. The first-order chi connectivity index (χ1) is 9.49. The van der Waals surface area contributed by atoms with Crippen LogP contribution in [0.15, 0.2) is 30.3 Å². The number of nitrogens with zero attached hydrogens (tertiary/aromatic N) is 2. The van der Waals surface area contributed by atoms with Crippen LogP contribution in [0.25, 0.3) is 0 Å². The van der Waals surface area contributed by atoms with E-state index in [-0.39, 0.29) is 31.4 Å². The van der Waals surface area contributed by atoms with E-state index in [0.717, 1.165) is 0 Å². The topological polar surface area (TPSA) is 81.1 Å². The fourth-order valence-electron chi connectivity index (χ4n) is 2.15. The molecule has 1 heterocycles. The Morgan fingerprint density at radius 3 is 2.30 bits per heavy atom. The molecule has 6 nitrogen and oxygen atoms in total. The first-order valence-corrected chi connectivity index (χ1v) is 6.43. The standard InChI is InChI=1S/C14H18N2O4/c1-15(14(20)10-5-3-2-4-6-10)9-13(19)16-7-11(17)12(18)8-16/h2-6,11-12,17-18H,7-9H2,1H3. The van der Waals surface area contributed by atoms with Crippen LogP contribution in [0.4, 0.5) is 0 Å². The molecule has 0 spiro atoms. The number of amides is 2.